The molecule has 1 aliphatic rings. The van der Waals surface area contributed by atoms with E-state index in [1.165, 1.54) is 6.07 Å². The summed E-state index contributed by atoms with van der Waals surface area (Å²) in [4.78, 5) is 29.5. The van der Waals surface area contributed by atoms with Gasteiger partial charge >= 0.3 is 12.3 Å². The first-order valence-corrected chi connectivity index (χ1v) is 14.4. The Balaban J connectivity index is 1.29. The smallest absolute Gasteiger partial charge is 0.416 e. The number of hydrogen-bond acceptors (Lipinski definition) is 6. The molecule has 1 saturated heterocycles. The zero-order chi connectivity index (χ0) is 32.4. The summed E-state index contributed by atoms with van der Waals surface area (Å²) >= 11 is 0. The normalized spacial score (nSPS) is 14.4. The lowest BCUT2D eigenvalue weighted by atomic mass is 9.95. The average molecular weight is 622 g/mol. The van der Waals surface area contributed by atoms with Gasteiger partial charge in [-0.2, -0.15) is 18.3 Å². The van der Waals surface area contributed by atoms with Crippen molar-refractivity contribution in [1.82, 2.24) is 25.4 Å². The minimum atomic E-state index is -4.54. The molecule has 2 amide bonds. The predicted molar refractivity (Wildman–Crippen MR) is 161 cm³/mol. The summed E-state index contributed by atoms with van der Waals surface area (Å²) in [7, 11) is 0. The van der Waals surface area contributed by atoms with E-state index in [0.29, 0.717) is 29.9 Å². The zero-order valence-electron chi connectivity index (χ0n) is 25.3. The van der Waals surface area contributed by atoms with Crippen LogP contribution in [-0.4, -0.2) is 45.6 Å². The van der Waals surface area contributed by atoms with Crippen LogP contribution < -0.4 is 10.6 Å². The van der Waals surface area contributed by atoms with Gasteiger partial charge in [-0.3, -0.25) is 14.5 Å². The molecule has 236 valence electrons. The second-order valence-corrected chi connectivity index (χ2v) is 11.9. The minimum absolute atomic E-state index is 0.0293. The quantitative estimate of drug-likeness (QED) is 0.226. The lowest BCUT2D eigenvalue weighted by Gasteiger charge is -2.25. The van der Waals surface area contributed by atoms with Crippen molar-refractivity contribution in [3.05, 3.63) is 95.6 Å². The third-order valence-corrected chi connectivity index (χ3v) is 7.25. The molecule has 1 fully saturated rings. The van der Waals surface area contributed by atoms with Crippen LogP contribution in [-0.2, 0) is 22.2 Å². The number of halogens is 3. The van der Waals surface area contributed by atoms with Gasteiger partial charge in [0.25, 0.3) is 5.91 Å². The molecule has 2 aromatic carbocycles. The van der Waals surface area contributed by atoms with Gasteiger partial charge in [0.2, 0.25) is 0 Å². The lowest BCUT2D eigenvalue weighted by Crippen LogP contribution is -2.32. The van der Waals surface area contributed by atoms with Crippen LogP contribution in [0, 0.1) is 0 Å². The van der Waals surface area contributed by atoms with E-state index in [0.717, 1.165) is 28.8 Å². The number of rotatable bonds is 8. The number of nitrogens with zero attached hydrogens (tertiary/aromatic N) is 3. The summed E-state index contributed by atoms with van der Waals surface area (Å²) in [6.45, 7) is 8.18. The van der Waals surface area contributed by atoms with Gasteiger partial charge in [-0.1, -0.05) is 30.3 Å². The van der Waals surface area contributed by atoms with Gasteiger partial charge in [0.15, 0.2) is 0 Å². The molecule has 0 bridgehead atoms. The summed E-state index contributed by atoms with van der Waals surface area (Å²) in [5.41, 5.74) is 2.45. The van der Waals surface area contributed by atoms with E-state index in [9.17, 15) is 22.8 Å². The SMILES string of the molecule is C[C@@H](NC(=O)c1cc(-c2cnn(C3COC3)c2)ccn1)c1ccc(-c2cc(C(F)(F)F)ccc2CNC(=O)OC(C)(C)C)cc1. The van der Waals surface area contributed by atoms with Crippen molar-refractivity contribution in [3.8, 4) is 22.3 Å². The number of amides is 2. The van der Waals surface area contributed by atoms with Crippen LogP contribution in [0.15, 0.2) is 73.2 Å². The fourth-order valence-electron chi connectivity index (χ4n) is 4.76. The number of hydrogen-bond donors (Lipinski definition) is 2. The Kier molecular flexibility index (Phi) is 8.96. The second-order valence-electron chi connectivity index (χ2n) is 11.9. The van der Waals surface area contributed by atoms with Crippen LogP contribution in [0.1, 0.15) is 67.0 Å². The number of alkyl halides is 3. The highest BCUT2D eigenvalue weighted by Crippen LogP contribution is 2.35. The van der Waals surface area contributed by atoms with Crippen LogP contribution in [0.25, 0.3) is 22.3 Å². The molecular weight excluding hydrogens is 587 g/mol. The molecule has 3 heterocycles. The number of ether oxygens (including phenoxy) is 2. The molecule has 0 radical (unpaired) electrons. The number of nitrogens with one attached hydrogen (secondary N) is 2. The van der Waals surface area contributed by atoms with Crippen LogP contribution in [0.5, 0.6) is 0 Å². The van der Waals surface area contributed by atoms with Crippen molar-refractivity contribution >= 4 is 12.0 Å². The van der Waals surface area contributed by atoms with E-state index in [4.69, 9.17) is 9.47 Å². The maximum atomic E-state index is 13.6. The predicted octanol–water partition coefficient (Wildman–Crippen LogP) is 6.72. The molecular formula is C33H34F3N5O4. The Morgan fingerprint density at radius 1 is 1.02 bits per heavy atom. The van der Waals surface area contributed by atoms with Gasteiger partial charge in [-0.05, 0) is 79.8 Å². The molecule has 2 aromatic heterocycles. The molecule has 0 unspecified atom stereocenters. The second kappa shape index (κ2) is 12.7. The van der Waals surface area contributed by atoms with E-state index in [1.54, 1.807) is 63.5 Å². The van der Waals surface area contributed by atoms with Crippen molar-refractivity contribution < 1.29 is 32.2 Å². The highest BCUT2D eigenvalue weighted by molar-refractivity contribution is 5.93. The highest BCUT2D eigenvalue weighted by Gasteiger charge is 2.31. The van der Waals surface area contributed by atoms with Gasteiger partial charge in [0.05, 0.1) is 37.1 Å². The number of aromatic nitrogens is 3. The Labute approximate surface area is 258 Å². The maximum absolute atomic E-state index is 13.6. The third-order valence-electron chi connectivity index (χ3n) is 7.25. The first-order chi connectivity index (χ1) is 21.3. The Bertz CT molecular complexity index is 1670. The first kappa shape index (κ1) is 31.7. The van der Waals surface area contributed by atoms with Crippen molar-refractivity contribution in [2.75, 3.05) is 13.2 Å². The maximum Gasteiger partial charge on any atom is 0.416 e. The van der Waals surface area contributed by atoms with Gasteiger partial charge < -0.3 is 20.1 Å². The van der Waals surface area contributed by atoms with Crippen LogP contribution >= 0.6 is 0 Å². The molecule has 45 heavy (non-hydrogen) atoms. The van der Waals surface area contributed by atoms with Gasteiger partial charge in [0.1, 0.15) is 11.3 Å². The van der Waals surface area contributed by atoms with Crippen LogP contribution in [0.4, 0.5) is 18.0 Å². The molecule has 5 rings (SSSR count). The number of carbonyl (C=O) groups excluding carboxylic acids is 2. The fraction of sp³-hybridized carbons (Fsp3) is 0.333. The minimum Gasteiger partial charge on any atom is -0.444 e. The molecule has 0 spiro atoms. The molecule has 4 aromatic rings. The molecule has 12 heteroatoms. The molecule has 0 aliphatic carbocycles. The van der Waals surface area contributed by atoms with Crippen molar-refractivity contribution in [3.63, 3.8) is 0 Å². The van der Waals surface area contributed by atoms with E-state index in [-0.39, 0.29) is 24.2 Å². The van der Waals surface area contributed by atoms with Crippen molar-refractivity contribution in [1.29, 1.82) is 0 Å². The number of alkyl carbamates (subject to hydrolysis) is 1. The van der Waals surface area contributed by atoms with E-state index in [1.807, 2.05) is 23.9 Å². The zero-order valence-corrected chi connectivity index (χ0v) is 25.3. The number of pyridine rings is 1. The molecule has 1 atom stereocenters. The summed E-state index contributed by atoms with van der Waals surface area (Å²) in [5, 5.41) is 9.94. The van der Waals surface area contributed by atoms with E-state index >= 15 is 0 Å². The van der Waals surface area contributed by atoms with Crippen molar-refractivity contribution in [2.45, 2.75) is 58.1 Å². The fourth-order valence-corrected chi connectivity index (χ4v) is 4.76. The summed E-state index contributed by atoms with van der Waals surface area (Å²) in [6.07, 6.45) is 0.00715. The summed E-state index contributed by atoms with van der Waals surface area (Å²) < 4.78 is 53.1. The Morgan fingerprint density at radius 3 is 2.40 bits per heavy atom. The molecule has 0 saturated carbocycles. The molecule has 1 aliphatic heterocycles. The number of benzene rings is 2. The number of carbonyl (C=O) groups is 2. The third kappa shape index (κ3) is 7.88. The Hall–Kier alpha value is -4.71. The van der Waals surface area contributed by atoms with Crippen LogP contribution in [0.2, 0.25) is 0 Å². The Morgan fingerprint density at radius 2 is 1.76 bits per heavy atom. The molecule has 9 nitrogen and oxygen atoms in total. The largest absolute Gasteiger partial charge is 0.444 e. The van der Waals surface area contributed by atoms with Gasteiger partial charge in [0, 0.05) is 24.5 Å². The van der Waals surface area contributed by atoms with Crippen molar-refractivity contribution in [2.24, 2.45) is 0 Å². The lowest BCUT2D eigenvalue weighted by molar-refractivity contribution is -0.137. The van der Waals surface area contributed by atoms with Gasteiger partial charge in [-0.15, -0.1) is 0 Å². The van der Waals surface area contributed by atoms with E-state index < -0.39 is 29.5 Å². The highest BCUT2D eigenvalue weighted by atomic mass is 19.4. The van der Waals surface area contributed by atoms with Crippen LogP contribution in [0.3, 0.4) is 0 Å². The topological polar surface area (TPSA) is 107 Å². The molecule has 2 N–H and O–H groups in total. The van der Waals surface area contributed by atoms with Gasteiger partial charge in [-0.25, -0.2) is 4.79 Å². The standard InChI is InChI=1S/C33H34F3N5O4/c1-20(40-30(42)29-13-23(11-12-37-29)25-16-39-41(17-25)27-18-44-19-27)21-5-7-22(8-6-21)28-14-26(33(34,35)36)10-9-24(28)15-38-31(43)45-32(2,3)4/h5-14,16-17,20,27H,15,18-19H2,1-4H3,(H,38,43)(H,40,42)/t20-/m1/s1. The summed E-state index contributed by atoms with van der Waals surface area (Å²) in [6, 6.07) is 13.6. The first-order valence-electron chi connectivity index (χ1n) is 14.4. The van der Waals surface area contributed by atoms with E-state index in [2.05, 4.69) is 20.7 Å². The monoisotopic (exact) mass is 621 g/mol. The summed E-state index contributed by atoms with van der Waals surface area (Å²) in [5.74, 6) is -0.374. The average Bonchev–Trinajstić information content (AvgIpc) is 3.43.